The zero-order valence-electron chi connectivity index (χ0n) is 8.63. The molecule has 0 aliphatic carbocycles. The second-order valence-electron chi connectivity index (χ2n) is 3.34. The van der Waals surface area contributed by atoms with Crippen molar-refractivity contribution in [2.24, 2.45) is 0 Å². The van der Waals surface area contributed by atoms with Gasteiger partial charge in [-0.25, -0.2) is 14.2 Å². The number of aliphatic carboxylic acids is 1. The maximum atomic E-state index is 12.7. The molecule has 0 aliphatic rings. The molecule has 0 aliphatic heterocycles. The number of carboxylic acids is 1. The lowest BCUT2D eigenvalue weighted by atomic mass is 10.2. The zero-order valence-corrected chi connectivity index (χ0v) is 9.45. The highest BCUT2D eigenvalue weighted by Gasteiger charge is 2.21. The topological polar surface area (TPSA) is 62.2 Å². The third-order valence-electron chi connectivity index (χ3n) is 2.15. The number of hydrogen-bond donors (Lipinski definition) is 2. The van der Waals surface area contributed by atoms with E-state index in [0.29, 0.717) is 11.4 Å². The minimum atomic E-state index is -1.03. The number of aromatic nitrogens is 1. The van der Waals surface area contributed by atoms with Crippen molar-refractivity contribution in [2.75, 3.05) is 5.32 Å². The van der Waals surface area contributed by atoms with Crippen molar-refractivity contribution in [3.8, 4) is 0 Å². The van der Waals surface area contributed by atoms with Crippen LogP contribution in [-0.4, -0.2) is 16.1 Å². The molecule has 4 nitrogen and oxygen atoms in total. The van der Waals surface area contributed by atoms with Gasteiger partial charge in [0.1, 0.15) is 5.82 Å². The largest absolute Gasteiger partial charge is 0.479 e. The Hall–Kier alpha value is -1.95. The predicted octanol–water partition coefficient (Wildman–Crippen LogP) is 2.52. The fourth-order valence-electron chi connectivity index (χ4n) is 1.34. The number of carbonyl (C=O) groups is 1. The highest BCUT2D eigenvalue weighted by Crippen LogP contribution is 2.20. The quantitative estimate of drug-likeness (QED) is 0.877. The summed E-state index contributed by atoms with van der Waals surface area (Å²) in [6, 6.07) is 4.58. The molecular formula is C11H9FN2O2S. The SMILES string of the molecule is O=C(O)C(Nc1ccc(F)cc1)c1cscn1. The van der Waals surface area contributed by atoms with Gasteiger partial charge in [0.2, 0.25) is 0 Å². The van der Waals surface area contributed by atoms with E-state index in [1.54, 1.807) is 10.9 Å². The summed E-state index contributed by atoms with van der Waals surface area (Å²) in [6.45, 7) is 0. The zero-order chi connectivity index (χ0) is 12.3. The molecule has 88 valence electrons. The Bertz CT molecular complexity index is 499. The van der Waals surface area contributed by atoms with Gasteiger partial charge in [-0.3, -0.25) is 0 Å². The number of thiazole rings is 1. The summed E-state index contributed by atoms with van der Waals surface area (Å²) in [7, 11) is 0. The van der Waals surface area contributed by atoms with Gasteiger partial charge in [-0.2, -0.15) is 0 Å². The van der Waals surface area contributed by atoms with Crippen LogP contribution in [0.4, 0.5) is 10.1 Å². The third kappa shape index (κ3) is 2.79. The molecule has 1 aromatic carbocycles. The number of anilines is 1. The Labute approximate surface area is 101 Å². The lowest BCUT2D eigenvalue weighted by Gasteiger charge is -2.13. The van der Waals surface area contributed by atoms with E-state index in [1.165, 1.54) is 35.6 Å². The molecule has 0 bridgehead atoms. The molecule has 2 rings (SSSR count). The van der Waals surface area contributed by atoms with E-state index in [9.17, 15) is 9.18 Å². The van der Waals surface area contributed by atoms with Crippen molar-refractivity contribution < 1.29 is 14.3 Å². The van der Waals surface area contributed by atoms with Crippen LogP contribution in [0.5, 0.6) is 0 Å². The minimum Gasteiger partial charge on any atom is -0.479 e. The van der Waals surface area contributed by atoms with Crippen LogP contribution in [0.1, 0.15) is 11.7 Å². The molecular weight excluding hydrogens is 243 g/mol. The second kappa shape index (κ2) is 4.92. The Morgan fingerprint density at radius 2 is 2.12 bits per heavy atom. The number of hydrogen-bond acceptors (Lipinski definition) is 4. The summed E-state index contributed by atoms with van der Waals surface area (Å²) >= 11 is 1.32. The van der Waals surface area contributed by atoms with Crippen LogP contribution in [-0.2, 0) is 4.79 Å². The van der Waals surface area contributed by atoms with Crippen LogP contribution in [0.15, 0.2) is 35.2 Å². The average molecular weight is 252 g/mol. The summed E-state index contributed by atoms with van der Waals surface area (Å²) < 4.78 is 12.7. The number of carboxylic acid groups (broad SMARTS) is 1. The number of nitrogens with zero attached hydrogens (tertiary/aromatic N) is 1. The van der Waals surface area contributed by atoms with Crippen molar-refractivity contribution in [3.63, 3.8) is 0 Å². The van der Waals surface area contributed by atoms with Crippen LogP contribution < -0.4 is 5.32 Å². The van der Waals surface area contributed by atoms with Crippen molar-refractivity contribution in [2.45, 2.75) is 6.04 Å². The summed E-state index contributed by atoms with van der Waals surface area (Å²) in [5.74, 6) is -1.39. The lowest BCUT2D eigenvalue weighted by Crippen LogP contribution is -2.20. The molecule has 0 saturated heterocycles. The molecule has 2 N–H and O–H groups in total. The molecule has 2 aromatic rings. The first kappa shape index (κ1) is 11.5. The van der Waals surface area contributed by atoms with Crippen molar-refractivity contribution in [3.05, 3.63) is 46.7 Å². The molecule has 0 radical (unpaired) electrons. The Balaban J connectivity index is 2.19. The fraction of sp³-hybridized carbons (Fsp3) is 0.0909. The smallest absolute Gasteiger partial charge is 0.332 e. The van der Waals surface area contributed by atoms with Gasteiger partial charge in [-0.1, -0.05) is 0 Å². The van der Waals surface area contributed by atoms with E-state index in [-0.39, 0.29) is 5.82 Å². The summed E-state index contributed by atoms with van der Waals surface area (Å²) in [6.07, 6.45) is 0. The molecule has 1 atom stereocenters. The summed E-state index contributed by atoms with van der Waals surface area (Å²) in [4.78, 5) is 15.0. The monoisotopic (exact) mass is 252 g/mol. The standard InChI is InChI=1S/C11H9FN2O2S/c12-7-1-3-8(4-2-7)14-10(11(15)16)9-5-17-6-13-9/h1-6,10,14H,(H,15,16). The van der Waals surface area contributed by atoms with Gasteiger partial charge >= 0.3 is 5.97 Å². The number of rotatable bonds is 4. The first-order chi connectivity index (χ1) is 8.16. The molecule has 1 aromatic heterocycles. The summed E-state index contributed by atoms with van der Waals surface area (Å²) in [5, 5.41) is 13.5. The first-order valence-corrected chi connectivity index (χ1v) is 5.74. The average Bonchev–Trinajstić information content (AvgIpc) is 2.81. The molecule has 6 heteroatoms. The first-order valence-electron chi connectivity index (χ1n) is 4.80. The highest BCUT2D eigenvalue weighted by molar-refractivity contribution is 7.07. The van der Waals surface area contributed by atoms with Gasteiger partial charge in [0.25, 0.3) is 0 Å². The van der Waals surface area contributed by atoms with E-state index < -0.39 is 12.0 Å². The predicted molar refractivity (Wildman–Crippen MR) is 62.5 cm³/mol. The maximum absolute atomic E-state index is 12.7. The third-order valence-corrected chi connectivity index (χ3v) is 2.75. The summed E-state index contributed by atoms with van der Waals surface area (Å²) in [5.41, 5.74) is 2.54. The molecule has 0 saturated carbocycles. The molecule has 17 heavy (non-hydrogen) atoms. The minimum absolute atomic E-state index is 0.365. The molecule has 1 unspecified atom stereocenters. The van der Waals surface area contributed by atoms with Gasteiger partial charge in [0, 0.05) is 11.1 Å². The number of benzene rings is 1. The molecule has 1 heterocycles. The molecule has 0 spiro atoms. The van der Waals surface area contributed by atoms with Gasteiger partial charge < -0.3 is 10.4 Å². The van der Waals surface area contributed by atoms with Gasteiger partial charge in [0.15, 0.2) is 6.04 Å². The molecule has 0 amide bonds. The van der Waals surface area contributed by atoms with Gasteiger partial charge in [0.05, 0.1) is 11.2 Å². The lowest BCUT2D eigenvalue weighted by molar-refractivity contribution is -0.138. The second-order valence-corrected chi connectivity index (χ2v) is 4.05. The Morgan fingerprint density at radius 3 is 2.65 bits per heavy atom. The van der Waals surface area contributed by atoms with E-state index in [4.69, 9.17) is 5.11 Å². The van der Waals surface area contributed by atoms with E-state index >= 15 is 0 Å². The van der Waals surface area contributed by atoms with Crippen molar-refractivity contribution in [1.29, 1.82) is 0 Å². The van der Waals surface area contributed by atoms with Gasteiger partial charge in [-0.15, -0.1) is 11.3 Å². The maximum Gasteiger partial charge on any atom is 0.332 e. The van der Waals surface area contributed by atoms with Crippen LogP contribution in [0.25, 0.3) is 0 Å². The van der Waals surface area contributed by atoms with Crippen LogP contribution >= 0.6 is 11.3 Å². The Morgan fingerprint density at radius 1 is 1.41 bits per heavy atom. The Kier molecular flexibility index (Phi) is 3.34. The normalized spacial score (nSPS) is 12.1. The number of nitrogens with one attached hydrogen (secondary N) is 1. The fourth-order valence-corrected chi connectivity index (χ4v) is 1.92. The number of halogens is 1. The van der Waals surface area contributed by atoms with Crippen LogP contribution in [0.2, 0.25) is 0 Å². The van der Waals surface area contributed by atoms with Crippen molar-refractivity contribution in [1.82, 2.24) is 4.98 Å². The van der Waals surface area contributed by atoms with Gasteiger partial charge in [-0.05, 0) is 24.3 Å². The highest BCUT2D eigenvalue weighted by atomic mass is 32.1. The van der Waals surface area contributed by atoms with E-state index in [0.717, 1.165) is 0 Å². The van der Waals surface area contributed by atoms with E-state index in [1.807, 2.05) is 0 Å². The van der Waals surface area contributed by atoms with E-state index in [2.05, 4.69) is 10.3 Å². The van der Waals surface area contributed by atoms with Crippen molar-refractivity contribution >= 4 is 23.0 Å². The molecule has 0 fully saturated rings. The van der Waals surface area contributed by atoms with Crippen LogP contribution in [0.3, 0.4) is 0 Å². The van der Waals surface area contributed by atoms with Crippen LogP contribution in [0, 0.1) is 5.82 Å².